The quantitative estimate of drug-likeness (QED) is 0.892. The maximum absolute atomic E-state index is 5.98. The van der Waals surface area contributed by atoms with Gasteiger partial charge in [-0.05, 0) is 43.0 Å². The van der Waals surface area contributed by atoms with Crippen molar-refractivity contribution in [3.05, 3.63) is 33.3 Å². The lowest BCUT2D eigenvalue weighted by Gasteiger charge is -2.40. The number of nitrogens with one attached hydrogen (secondary N) is 1. The average molecular weight is 319 g/mol. The van der Waals surface area contributed by atoms with Gasteiger partial charge in [-0.3, -0.25) is 0 Å². The minimum absolute atomic E-state index is 0.0745. The third-order valence-corrected chi connectivity index (χ3v) is 4.48. The molecule has 1 N–H and O–H groups in total. The molecule has 0 aromatic heterocycles. The van der Waals surface area contributed by atoms with Gasteiger partial charge in [0.25, 0.3) is 0 Å². The van der Waals surface area contributed by atoms with Crippen molar-refractivity contribution in [2.24, 2.45) is 0 Å². The van der Waals surface area contributed by atoms with Crippen molar-refractivity contribution >= 4 is 27.5 Å². The maximum atomic E-state index is 5.98. The van der Waals surface area contributed by atoms with E-state index in [0.29, 0.717) is 0 Å². The molecule has 17 heavy (non-hydrogen) atoms. The van der Waals surface area contributed by atoms with Gasteiger partial charge < -0.3 is 10.1 Å². The van der Waals surface area contributed by atoms with E-state index in [4.69, 9.17) is 16.3 Å². The van der Waals surface area contributed by atoms with E-state index in [-0.39, 0.29) is 5.60 Å². The zero-order chi connectivity index (χ0) is 12.3. The SMILES string of the molecule is COC1(CNCc2cc(Cl)ccc2Br)CCC1. The molecule has 0 atom stereocenters. The van der Waals surface area contributed by atoms with Gasteiger partial charge >= 0.3 is 0 Å². The highest BCUT2D eigenvalue weighted by molar-refractivity contribution is 9.10. The molecule has 4 heteroatoms. The van der Waals surface area contributed by atoms with Crippen molar-refractivity contribution in [2.45, 2.75) is 31.4 Å². The van der Waals surface area contributed by atoms with Crippen LogP contribution in [0, 0.1) is 0 Å². The Hall–Kier alpha value is -0.0900. The highest BCUT2D eigenvalue weighted by atomic mass is 79.9. The van der Waals surface area contributed by atoms with E-state index < -0.39 is 0 Å². The van der Waals surface area contributed by atoms with E-state index in [0.717, 1.165) is 35.4 Å². The van der Waals surface area contributed by atoms with Gasteiger partial charge in [-0.1, -0.05) is 27.5 Å². The molecule has 0 radical (unpaired) electrons. The lowest BCUT2D eigenvalue weighted by molar-refractivity contribution is -0.0695. The molecule has 1 aliphatic carbocycles. The van der Waals surface area contributed by atoms with Crippen LogP contribution in [0.1, 0.15) is 24.8 Å². The van der Waals surface area contributed by atoms with Crippen molar-refractivity contribution in [2.75, 3.05) is 13.7 Å². The Labute approximate surface area is 116 Å². The number of hydrogen-bond acceptors (Lipinski definition) is 2. The second-order valence-corrected chi connectivity index (χ2v) is 5.87. The van der Waals surface area contributed by atoms with Gasteiger partial charge in [0.1, 0.15) is 0 Å². The Morgan fingerprint density at radius 2 is 2.24 bits per heavy atom. The summed E-state index contributed by atoms with van der Waals surface area (Å²) in [5.74, 6) is 0. The Morgan fingerprint density at radius 3 is 2.82 bits per heavy atom. The fourth-order valence-corrected chi connectivity index (χ4v) is 2.71. The highest BCUT2D eigenvalue weighted by Gasteiger charge is 2.36. The Morgan fingerprint density at radius 1 is 1.47 bits per heavy atom. The second kappa shape index (κ2) is 5.70. The molecule has 0 aliphatic heterocycles. The summed E-state index contributed by atoms with van der Waals surface area (Å²) in [5, 5.41) is 4.22. The molecule has 1 fully saturated rings. The third-order valence-electron chi connectivity index (χ3n) is 3.47. The van der Waals surface area contributed by atoms with E-state index in [1.54, 1.807) is 7.11 Å². The molecule has 1 aromatic rings. The van der Waals surface area contributed by atoms with Gasteiger partial charge in [0.05, 0.1) is 5.60 Å². The van der Waals surface area contributed by atoms with E-state index in [1.165, 1.54) is 12.0 Å². The largest absolute Gasteiger partial charge is 0.377 e. The van der Waals surface area contributed by atoms with Crippen molar-refractivity contribution < 1.29 is 4.74 Å². The van der Waals surface area contributed by atoms with Gasteiger partial charge in [-0.25, -0.2) is 0 Å². The number of ether oxygens (including phenoxy) is 1. The summed E-state index contributed by atoms with van der Waals surface area (Å²) in [7, 11) is 1.80. The van der Waals surface area contributed by atoms with Crippen molar-refractivity contribution in [1.29, 1.82) is 0 Å². The van der Waals surface area contributed by atoms with Gasteiger partial charge in [0, 0.05) is 29.7 Å². The fourth-order valence-electron chi connectivity index (χ4n) is 2.13. The number of rotatable bonds is 5. The molecule has 0 heterocycles. The van der Waals surface area contributed by atoms with E-state index >= 15 is 0 Å². The van der Waals surface area contributed by atoms with Crippen molar-refractivity contribution in [1.82, 2.24) is 5.32 Å². The lowest BCUT2D eigenvalue weighted by Crippen LogP contribution is -2.47. The number of methoxy groups -OCH3 is 1. The van der Waals surface area contributed by atoms with E-state index in [1.807, 2.05) is 18.2 Å². The van der Waals surface area contributed by atoms with Crippen LogP contribution in [0.15, 0.2) is 22.7 Å². The summed E-state index contributed by atoms with van der Waals surface area (Å²) in [6, 6.07) is 5.85. The van der Waals surface area contributed by atoms with Crippen LogP contribution in [0.25, 0.3) is 0 Å². The smallest absolute Gasteiger partial charge is 0.0802 e. The molecule has 0 bridgehead atoms. The van der Waals surface area contributed by atoms with Crippen molar-refractivity contribution in [3.63, 3.8) is 0 Å². The van der Waals surface area contributed by atoms with E-state index in [2.05, 4.69) is 21.2 Å². The minimum Gasteiger partial charge on any atom is -0.377 e. The van der Waals surface area contributed by atoms with Crippen LogP contribution in [0.2, 0.25) is 5.02 Å². The normalized spacial score (nSPS) is 17.8. The standard InChI is InChI=1S/C13H17BrClNO/c1-17-13(5-2-6-13)9-16-8-10-7-11(15)3-4-12(10)14/h3-4,7,16H,2,5-6,8-9H2,1H3. The van der Waals surface area contributed by atoms with Crippen LogP contribution in [0.4, 0.5) is 0 Å². The zero-order valence-electron chi connectivity index (χ0n) is 9.93. The molecular formula is C13H17BrClNO. The number of hydrogen-bond donors (Lipinski definition) is 1. The summed E-state index contributed by atoms with van der Waals surface area (Å²) in [4.78, 5) is 0. The molecule has 1 aliphatic rings. The maximum Gasteiger partial charge on any atom is 0.0802 e. The van der Waals surface area contributed by atoms with Crippen LogP contribution in [0.5, 0.6) is 0 Å². The van der Waals surface area contributed by atoms with Gasteiger partial charge in [0.15, 0.2) is 0 Å². The summed E-state index contributed by atoms with van der Waals surface area (Å²) in [5.41, 5.74) is 1.26. The summed E-state index contributed by atoms with van der Waals surface area (Å²) in [6.45, 7) is 1.72. The Bertz CT molecular complexity index is 387. The first kappa shape index (κ1) is 13.3. The molecule has 94 valence electrons. The van der Waals surface area contributed by atoms with Gasteiger partial charge in [0.2, 0.25) is 0 Å². The van der Waals surface area contributed by atoms with E-state index in [9.17, 15) is 0 Å². The van der Waals surface area contributed by atoms with Gasteiger partial charge in [-0.15, -0.1) is 0 Å². The molecule has 2 nitrogen and oxygen atoms in total. The summed E-state index contributed by atoms with van der Waals surface area (Å²) in [6.07, 6.45) is 3.59. The molecule has 0 spiro atoms. The minimum atomic E-state index is 0.0745. The Kier molecular flexibility index (Phi) is 4.47. The highest BCUT2D eigenvalue weighted by Crippen LogP contribution is 2.34. The predicted molar refractivity (Wildman–Crippen MR) is 74.4 cm³/mol. The topological polar surface area (TPSA) is 21.3 Å². The summed E-state index contributed by atoms with van der Waals surface area (Å²) < 4.78 is 6.66. The van der Waals surface area contributed by atoms with Crippen LogP contribution in [-0.4, -0.2) is 19.3 Å². The van der Waals surface area contributed by atoms with Crippen LogP contribution in [0.3, 0.4) is 0 Å². The molecule has 0 saturated heterocycles. The monoisotopic (exact) mass is 317 g/mol. The first-order valence-corrected chi connectivity index (χ1v) is 7.02. The van der Waals surface area contributed by atoms with Gasteiger partial charge in [-0.2, -0.15) is 0 Å². The zero-order valence-corrected chi connectivity index (χ0v) is 12.3. The molecule has 2 rings (SSSR count). The Balaban J connectivity index is 1.87. The molecule has 1 aromatic carbocycles. The van der Waals surface area contributed by atoms with Crippen LogP contribution < -0.4 is 5.32 Å². The molecule has 0 unspecified atom stereocenters. The molecule has 0 amide bonds. The predicted octanol–water partition coefficient (Wildman–Crippen LogP) is 3.76. The molecule has 1 saturated carbocycles. The van der Waals surface area contributed by atoms with Crippen LogP contribution >= 0.6 is 27.5 Å². The third kappa shape index (κ3) is 3.22. The summed E-state index contributed by atoms with van der Waals surface area (Å²) >= 11 is 9.51. The van der Waals surface area contributed by atoms with Crippen molar-refractivity contribution in [3.8, 4) is 0 Å². The fraction of sp³-hybridized carbons (Fsp3) is 0.538. The number of benzene rings is 1. The molecular weight excluding hydrogens is 302 g/mol. The lowest BCUT2D eigenvalue weighted by atomic mass is 9.80. The second-order valence-electron chi connectivity index (χ2n) is 4.58. The first-order chi connectivity index (χ1) is 8.15. The first-order valence-electron chi connectivity index (χ1n) is 5.85. The average Bonchev–Trinajstić information content (AvgIpc) is 2.27. The van der Waals surface area contributed by atoms with Crippen LogP contribution in [-0.2, 0) is 11.3 Å². The number of halogens is 2.